The summed E-state index contributed by atoms with van der Waals surface area (Å²) in [5.41, 5.74) is 2.50. The van der Waals surface area contributed by atoms with Crippen LogP contribution in [0.5, 0.6) is 0 Å². The van der Waals surface area contributed by atoms with Crippen LogP contribution < -0.4 is 16.0 Å². The van der Waals surface area contributed by atoms with Crippen LogP contribution in [0.4, 0.5) is 5.82 Å². The third-order valence-electron chi connectivity index (χ3n) is 4.25. The van der Waals surface area contributed by atoms with Crippen LogP contribution in [0.3, 0.4) is 0 Å². The number of nitrogens with one attached hydrogen (secondary N) is 2. The van der Waals surface area contributed by atoms with Gasteiger partial charge in [0.2, 0.25) is 10.0 Å². The Hall–Kier alpha value is -1.18. The number of nitrogen functional groups attached to an aromatic ring is 1. The Morgan fingerprint density at radius 3 is 2.55 bits per heavy atom. The summed E-state index contributed by atoms with van der Waals surface area (Å²) in [7, 11) is -3.50. The second-order valence-electron chi connectivity index (χ2n) is 5.41. The van der Waals surface area contributed by atoms with Gasteiger partial charge in [-0.2, -0.15) is 0 Å². The number of nitrogens with two attached hydrogens (primary N) is 1. The van der Waals surface area contributed by atoms with E-state index >= 15 is 0 Å². The van der Waals surface area contributed by atoms with Crippen molar-refractivity contribution in [1.82, 2.24) is 9.71 Å². The van der Waals surface area contributed by atoms with Gasteiger partial charge in [0.15, 0.2) is 0 Å². The Kier molecular flexibility index (Phi) is 4.62. The molecule has 2 rings (SSSR count). The number of nitrogens with zero attached hydrogens (tertiary/aromatic N) is 1. The van der Waals surface area contributed by atoms with Gasteiger partial charge in [0.1, 0.15) is 10.7 Å². The van der Waals surface area contributed by atoms with E-state index in [9.17, 15) is 8.42 Å². The molecule has 1 aliphatic carbocycles. The molecule has 1 aliphatic rings. The van der Waals surface area contributed by atoms with E-state index in [4.69, 9.17) is 5.84 Å². The predicted octanol–water partition coefficient (Wildman–Crippen LogP) is 1.62. The van der Waals surface area contributed by atoms with Crippen molar-refractivity contribution in [2.45, 2.75) is 43.9 Å². The number of sulfonamides is 1. The van der Waals surface area contributed by atoms with Crippen molar-refractivity contribution >= 4 is 15.8 Å². The SMILES string of the molecule is CCC1(CNS(=O)(=O)c2ccc(NN)nc2)CCCC1. The number of anilines is 1. The van der Waals surface area contributed by atoms with Gasteiger partial charge in [0.25, 0.3) is 0 Å². The molecular weight excluding hydrogens is 276 g/mol. The minimum Gasteiger partial charge on any atom is -0.308 e. The van der Waals surface area contributed by atoms with Crippen molar-refractivity contribution < 1.29 is 8.42 Å². The molecule has 1 fully saturated rings. The van der Waals surface area contributed by atoms with E-state index in [0.717, 1.165) is 19.3 Å². The number of rotatable bonds is 6. The van der Waals surface area contributed by atoms with E-state index in [2.05, 4.69) is 22.1 Å². The molecule has 4 N–H and O–H groups in total. The molecule has 6 nitrogen and oxygen atoms in total. The van der Waals surface area contributed by atoms with Crippen LogP contribution >= 0.6 is 0 Å². The van der Waals surface area contributed by atoms with Gasteiger partial charge in [-0.05, 0) is 36.8 Å². The molecule has 0 bridgehead atoms. The van der Waals surface area contributed by atoms with Crippen LogP contribution in [0, 0.1) is 5.41 Å². The van der Waals surface area contributed by atoms with E-state index in [1.165, 1.54) is 25.1 Å². The molecule has 0 saturated heterocycles. The van der Waals surface area contributed by atoms with E-state index in [1.54, 1.807) is 6.07 Å². The van der Waals surface area contributed by atoms with Crippen molar-refractivity contribution in [2.75, 3.05) is 12.0 Å². The smallest absolute Gasteiger partial charge is 0.242 e. The summed E-state index contributed by atoms with van der Waals surface area (Å²) in [6.45, 7) is 2.63. The van der Waals surface area contributed by atoms with E-state index in [1.807, 2.05) is 0 Å². The highest BCUT2D eigenvalue weighted by Gasteiger charge is 2.33. The molecule has 1 aromatic rings. The summed E-state index contributed by atoms with van der Waals surface area (Å²) in [6, 6.07) is 3.04. The van der Waals surface area contributed by atoms with Gasteiger partial charge in [-0.1, -0.05) is 19.8 Å². The molecule has 0 unspecified atom stereocenters. The van der Waals surface area contributed by atoms with Gasteiger partial charge < -0.3 is 5.43 Å². The van der Waals surface area contributed by atoms with Crippen LogP contribution in [0.1, 0.15) is 39.0 Å². The number of pyridine rings is 1. The van der Waals surface area contributed by atoms with Gasteiger partial charge in [0.05, 0.1) is 0 Å². The second kappa shape index (κ2) is 6.07. The summed E-state index contributed by atoms with van der Waals surface area (Å²) >= 11 is 0. The molecule has 112 valence electrons. The third-order valence-corrected chi connectivity index (χ3v) is 5.63. The lowest BCUT2D eigenvalue weighted by Gasteiger charge is -2.27. The Balaban J connectivity index is 2.06. The molecule has 20 heavy (non-hydrogen) atoms. The first kappa shape index (κ1) is 15.2. The molecule has 0 atom stereocenters. The maximum absolute atomic E-state index is 12.2. The standard InChI is InChI=1S/C13H22N4O2S/c1-2-13(7-3-4-8-13)10-16-20(18,19)11-5-6-12(17-14)15-9-11/h5-6,9,16H,2-4,7-8,10,14H2,1H3,(H,15,17). The molecule has 0 spiro atoms. The van der Waals surface area contributed by atoms with Crippen molar-refractivity contribution in [1.29, 1.82) is 0 Å². The Labute approximate surface area is 120 Å². The fourth-order valence-electron chi connectivity index (χ4n) is 2.74. The highest BCUT2D eigenvalue weighted by atomic mass is 32.2. The molecule has 0 aromatic carbocycles. The Morgan fingerprint density at radius 1 is 1.35 bits per heavy atom. The minimum atomic E-state index is -3.50. The summed E-state index contributed by atoms with van der Waals surface area (Å²) in [6.07, 6.45) is 6.89. The molecule has 0 radical (unpaired) electrons. The van der Waals surface area contributed by atoms with Crippen LogP contribution in [-0.2, 0) is 10.0 Å². The number of hydrogen-bond donors (Lipinski definition) is 3. The Morgan fingerprint density at radius 2 is 2.05 bits per heavy atom. The van der Waals surface area contributed by atoms with Crippen LogP contribution in [-0.4, -0.2) is 19.9 Å². The van der Waals surface area contributed by atoms with Crippen LogP contribution in [0.25, 0.3) is 0 Å². The molecule has 1 heterocycles. The van der Waals surface area contributed by atoms with Crippen molar-refractivity contribution in [2.24, 2.45) is 11.3 Å². The van der Waals surface area contributed by atoms with E-state index in [0.29, 0.717) is 12.4 Å². The average molecular weight is 298 g/mol. The molecule has 1 saturated carbocycles. The van der Waals surface area contributed by atoms with Gasteiger partial charge in [-0.15, -0.1) is 0 Å². The maximum Gasteiger partial charge on any atom is 0.242 e. The Bertz CT molecular complexity index is 536. The highest BCUT2D eigenvalue weighted by Crippen LogP contribution is 2.40. The first-order chi connectivity index (χ1) is 9.51. The summed E-state index contributed by atoms with van der Waals surface area (Å²) < 4.78 is 27.2. The quantitative estimate of drug-likeness (QED) is 0.547. The fourth-order valence-corrected chi connectivity index (χ4v) is 3.84. The van der Waals surface area contributed by atoms with Crippen LogP contribution in [0.2, 0.25) is 0 Å². The number of aromatic nitrogens is 1. The third kappa shape index (κ3) is 3.28. The zero-order valence-electron chi connectivity index (χ0n) is 11.7. The zero-order valence-corrected chi connectivity index (χ0v) is 12.5. The molecule has 7 heteroatoms. The molecule has 0 aliphatic heterocycles. The van der Waals surface area contributed by atoms with Crippen molar-refractivity contribution in [3.8, 4) is 0 Å². The number of hydrogen-bond acceptors (Lipinski definition) is 5. The predicted molar refractivity (Wildman–Crippen MR) is 78.4 cm³/mol. The lowest BCUT2D eigenvalue weighted by atomic mass is 9.84. The fraction of sp³-hybridized carbons (Fsp3) is 0.615. The first-order valence-electron chi connectivity index (χ1n) is 6.94. The summed E-state index contributed by atoms with van der Waals surface area (Å²) in [5.74, 6) is 5.64. The monoisotopic (exact) mass is 298 g/mol. The van der Waals surface area contributed by atoms with Gasteiger partial charge in [-0.25, -0.2) is 24.0 Å². The average Bonchev–Trinajstić information content (AvgIpc) is 2.95. The van der Waals surface area contributed by atoms with Crippen LogP contribution in [0.15, 0.2) is 23.2 Å². The molecule has 0 amide bonds. The van der Waals surface area contributed by atoms with Gasteiger partial charge in [0, 0.05) is 12.7 Å². The topological polar surface area (TPSA) is 97.1 Å². The van der Waals surface area contributed by atoms with Crippen molar-refractivity contribution in [3.05, 3.63) is 18.3 Å². The number of hydrazine groups is 1. The summed E-state index contributed by atoms with van der Waals surface area (Å²) in [4.78, 5) is 4.09. The molecular formula is C13H22N4O2S. The zero-order chi connectivity index (χ0) is 14.6. The normalized spacial score (nSPS) is 18.1. The van der Waals surface area contributed by atoms with Gasteiger partial charge in [-0.3, -0.25) is 0 Å². The first-order valence-corrected chi connectivity index (χ1v) is 8.42. The lowest BCUT2D eigenvalue weighted by Crippen LogP contribution is -2.35. The van der Waals surface area contributed by atoms with E-state index in [-0.39, 0.29) is 10.3 Å². The maximum atomic E-state index is 12.2. The van der Waals surface area contributed by atoms with Crippen molar-refractivity contribution in [3.63, 3.8) is 0 Å². The highest BCUT2D eigenvalue weighted by molar-refractivity contribution is 7.89. The van der Waals surface area contributed by atoms with Gasteiger partial charge >= 0.3 is 0 Å². The van der Waals surface area contributed by atoms with E-state index < -0.39 is 10.0 Å². The minimum absolute atomic E-state index is 0.124. The summed E-state index contributed by atoms with van der Waals surface area (Å²) in [5, 5.41) is 0. The second-order valence-corrected chi connectivity index (χ2v) is 7.18. The lowest BCUT2D eigenvalue weighted by molar-refractivity contribution is 0.285. The molecule has 1 aromatic heterocycles. The largest absolute Gasteiger partial charge is 0.308 e.